The highest BCUT2D eigenvalue weighted by Gasteiger charge is 2.45. The van der Waals surface area contributed by atoms with Crippen LogP contribution in [0.5, 0.6) is 0 Å². The number of nitrogens with zero attached hydrogens (tertiary/aromatic N) is 3. The van der Waals surface area contributed by atoms with Crippen LogP contribution in [0.4, 0.5) is 14.6 Å². The average Bonchev–Trinajstić information content (AvgIpc) is 3.50. The standard InChI is InChI=1S/C30H30F2N4O4/c31-18-2-5-26(24(32)12-18)36-14-23(30(39)33-25-11-16-9-17-1-3-20(25)22(17)10-16)28(38)21-4-6-27(34-29(21)36)35-7-8-40-19(13-35)15-37/h2,4-6,12,14,16-17,19,22,37H,1,3,7-11,13,15H2,(H,33,39). The topological polar surface area (TPSA) is 96.7 Å². The van der Waals surface area contributed by atoms with E-state index < -0.39 is 23.0 Å². The second-order valence-electron chi connectivity index (χ2n) is 11.4. The summed E-state index contributed by atoms with van der Waals surface area (Å²) in [4.78, 5) is 33.9. The van der Waals surface area contributed by atoms with E-state index in [-0.39, 0.29) is 35.0 Å². The first-order valence-electron chi connectivity index (χ1n) is 13.9. The number of hydrogen-bond acceptors (Lipinski definition) is 6. The third kappa shape index (κ3) is 4.21. The molecule has 2 aromatic heterocycles. The highest BCUT2D eigenvalue weighted by molar-refractivity contribution is 5.98. The maximum Gasteiger partial charge on any atom is 0.260 e. The molecule has 2 N–H and O–H groups in total. The average molecular weight is 549 g/mol. The number of carbonyl (C=O) groups excluding carboxylic acids is 1. The van der Waals surface area contributed by atoms with Gasteiger partial charge in [-0.3, -0.25) is 14.2 Å². The third-order valence-corrected chi connectivity index (χ3v) is 9.09. The molecule has 0 spiro atoms. The number of pyridine rings is 2. The molecule has 4 atom stereocenters. The van der Waals surface area contributed by atoms with E-state index >= 15 is 4.39 Å². The summed E-state index contributed by atoms with van der Waals surface area (Å²) < 4.78 is 35.8. The summed E-state index contributed by atoms with van der Waals surface area (Å²) in [6.07, 6.45) is 6.24. The quantitative estimate of drug-likeness (QED) is 0.505. The number of rotatable bonds is 5. The Hall–Kier alpha value is -3.63. The van der Waals surface area contributed by atoms with Crippen molar-refractivity contribution in [2.45, 2.75) is 38.2 Å². The monoisotopic (exact) mass is 548 g/mol. The molecule has 4 aliphatic rings. The SMILES string of the molecule is O=C(NC1=C2CCC3CC(C1)CC23)c1cn(-c2ccc(F)cc2F)c2nc(N3CCOC(CO)C3)ccc2c1=O. The zero-order valence-corrected chi connectivity index (χ0v) is 21.9. The number of amides is 1. The lowest BCUT2D eigenvalue weighted by molar-refractivity contribution is 0.00337. The summed E-state index contributed by atoms with van der Waals surface area (Å²) in [5, 5.41) is 12.7. The molecule has 208 valence electrons. The minimum absolute atomic E-state index is 0.0308. The van der Waals surface area contributed by atoms with E-state index in [0.717, 1.165) is 37.1 Å². The van der Waals surface area contributed by atoms with Crippen molar-refractivity contribution in [2.75, 3.05) is 31.2 Å². The van der Waals surface area contributed by atoms with Crippen LogP contribution in [-0.4, -0.2) is 53.0 Å². The maximum atomic E-state index is 15.1. The first-order chi connectivity index (χ1) is 19.4. The molecule has 4 unspecified atom stereocenters. The Morgan fingerprint density at radius 2 is 2.08 bits per heavy atom. The highest BCUT2D eigenvalue weighted by atomic mass is 19.1. The van der Waals surface area contributed by atoms with Gasteiger partial charge in [0.2, 0.25) is 5.43 Å². The van der Waals surface area contributed by atoms with E-state index in [4.69, 9.17) is 9.72 Å². The number of hydrogen-bond donors (Lipinski definition) is 2. The smallest absolute Gasteiger partial charge is 0.260 e. The van der Waals surface area contributed by atoms with Gasteiger partial charge in [0, 0.05) is 31.0 Å². The van der Waals surface area contributed by atoms with Crippen molar-refractivity contribution in [1.82, 2.24) is 14.9 Å². The molecule has 1 aromatic carbocycles. The molecule has 3 heterocycles. The number of morpholine rings is 1. The van der Waals surface area contributed by atoms with Gasteiger partial charge in [0.15, 0.2) is 5.65 Å². The van der Waals surface area contributed by atoms with Crippen molar-refractivity contribution >= 4 is 22.8 Å². The molecule has 3 aromatic rings. The molecule has 0 radical (unpaired) electrons. The van der Waals surface area contributed by atoms with Gasteiger partial charge in [-0.1, -0.05) is 0 Å². The van der Waals surface area contributed by atoms with Crippen molar-refractivity contribution < 1.29 is 23.4 Å². The Morgan fingerprint density at radius 3 is 2.90 bits per heavy atom. The number of allylic oxidation sites excluding steroid dienone is 2. The Balaban J connectivity index is 1.33. The Labute approximate surface area is 229 Å². The molecule has 1 saturated heterocycles. The maximum absolute atomic E-state index is 15.1. The normalized spacial score (nSPS) is 25.6. The van der Waals surface area contributed by atoms with Crippen molar-refractivity contribution in [3.05, 3.63) is 75.2 Å². The van der Waals surface area contributed by atoms with Crippen LogP contribution in [0.15, 0.2) is 52.6 Å². The summed E-state index contributed by atoms with van der Waals surface area (Å²) in [6, 6.07) is 6.42. The number of aromatic nitrogens is 2. The largest absolute Gasteiger partial charge is 0.394 e. The molecule has 3 fully saturated rings. The molecule has 40 heavy (non-hydrogen) atoms. The molecule has 7 rings (SSSR count). The summed E-state index contributed by atoms with van der Waals surface area (Å²) >= 11 is 0. The summed E-state index contributed by atoms with van der Waals surface area (Å²) in [5.41, 5.74) is 1.73. The molecular weight excluding hydrogens is 518 g/mol. The first kappa shape index (κ1) is 25.3. The van der Waals surface area contributed by atoms with Crippen molar-refractivity contribution in [3.63, 3.8) is 0 Å². The van der Waals surface area contributed by atoms with Gasteiger partial charge in [-0.2, -0.15) is 0 Å². The van der Waals surface area contributed by atoms with Gasteiger partial charge in [-0.25, -0.2) is 13.8 Å². The zero-order chi connectivity index (χ0) is 27.5. The molecule has 2 bridgehead atoms. The fourth-order valence-corrected chi connectivity index (χ4v) is 7.24. The number of nitrogens with one attached hydrogen (secondary N) is 1. The van der Waals surface area contributed by atoms with E-state index in [1.807, 2.05) is 4.90 Å². The second-order valence-corrected chi connectivity index (χ2v) is 11.4. The van der Waals surface area contributed by atoms with Crippen LogP contribution < -0.4 is 15.6 Å². The minimum Gasteiger partial charge on any atom is -0.394 e. The van der Waals surface area contributed by atoms with Crippen LogP contribution in [0.2, 0.25) is 0 Å². The summed E-state index contributed by atoms with van der Waals surface area (Å²) in [6.45, 7) is 1.16. The van der Waals surface area contributed by atoms with Crippen LogP contribution in [0, 0.1) is 29.4 Å². The highest BCUT2D eigenvalue weighted by Crippen LogP contribution is 2.55. The number of ether oxygens (including phenoxy) is 1. The molecule has 2 saturated carbocycles. The Morgan fingerprint density at radius 1 is 1.20 bits per heavy atom. The van der Waals surface area contributed by atoms with E-state index in [9.17, 15) is 19.1 Å². The lowest BCUT2D eigenvalue weighted by Crippen LogP contribution is -2.44. The fraction of sp³-hybridized carbons (Fsp3) is 0.433. The van der Waals surface area contributed by atoms with E-state index in [1.165, 1.54) is 35.2 Å². The summed E-state index contributed by atoms with van der Waals surface area (Å²) in [7, 11) is 0. The van der Waals surface area contributed by atoms with Gasteiger partial charge < -0.3 is 20.1 Å². The number of halogens is 2. The molecule has 10 heteroatoms. The summed E-state index contributed by atoms with van der Waals surface area (Å²) in [5.74, 6) is 0.194. The lowest BCUT2D eigenvalue weighted by atomic mass is 9.86. The number of benzene rings is 1. The van der Waals surface area contributed by atoms with Crippen molar-refractivity contribution in [3.8, 4) is 5.69 Å². The van der Waals surface area contributed by atoms with Crippen LogP contribution in [-0.2, 0) is 4.74 Å². The number of fused-ring (bicyclic) bond motifs is 2. The van der Waals surface area contributed by atoms with Gasteiger partial charge in [-0.15, -0.1) is 0 Å². The number of aliphatic hydroxyl groups is 1. The molecule has 8 nitrogen and oxygen atoms in total. The number of carbonyl (C=O) groups is 1. The fourth-order valence-electron chi connectivity index (χ4n) is 7.24. The van der Waals surface area contributed by atoms with E-state index in [1.54, 1.807) is 12.1 Å². The molecular formula is C30H30F2N4O4. The van der Waals surface area contributed by atoms with Gasteiger partial charge in [0.05, 0.1) is 30.4 Å². The predicted octanol–water partition coefficient (Wildman–Crippen LogP) is 3.69. The lowest BCUT2D eigenvalue weighted by Gasteiger charge is -2.33. The Kier molecular flexibility index (Phi) is 6.20. The second kappa shape index (κ2) is 9.78. The van der Waals surface area contributed by atoms with Crippen LogP contribution >= 0.6 is 0 Å². The number of aliphatic hydroxyl groups excluding tert-OH is 1. The van der Waals surface area contributed by atoms with Crippen LogP contribution in [0.1, 0.15) is 42.5 Å². The molecule has 1 aliphatic heterocycles. The van der Waals surface area contributed by atoms with Gasteiger partial charge in [0.25, 0.3) is 5.91 Å². The zero-order valence-electron chi connectivity index (χ0n) is 21.9. The third-order valence-electron chi connectivity index (χ3n) is 9.09. The van der Waals surface area contributed by atoms with Crippen molar-refractivity contribution in [1.29, 1.82) is 0 Å². The van der Waals surface area contributed by atoms with Crippen molar-refractivity contribution in [2.24, 2.45) is 17.8 Å². The molecule has 1 amide bonds. The predicted molar refractivity (Wildman–Crippen MR) is 144 cm³/mol. The Bertz CT molecular complexity index is 1620. The van der Waals surface area contributed by atoms with Crippen LogP contribution in [0.25, 0.3) is 16.7 Å². The van der Waals surface area contributed by atoms with Gasteiger partial charge in [-0.05, 0) is 79.7 Å². The number of anilines is 1. The first-order valence-corrected chi connectivity index (χ1v) is 13.9. The van der Waals surface area contributed by atoms with Crippen LogP contribution in [0.3, 0.4) is 0 Å². The van der Waals surface area contributed by atoms with E-state index in [0.29, 0.717) is 43.3 Å². The molecule has 3 aliphatic carbocycles. The minimum atomic E-state index is -0.846. The van der Waals surface area contributed by atoms with Gasteiger partial charge in [0.1, 0.15) is 23.0 Å². The van der Waals surface area contributed by atoms with Gasteiger partial charge >= 0.3 is 0 Å². The van der Waals surface area contributed by atoms with E-state index in [2.05, 4.69) is 5.32 Å².